The van der Waals surface area contributed by atoms with Gasteiger partial charge in [-0.2, -0.15) is 8.78 Å². The molecule has 0 aliphatic heterocycles. The van der Waals surface area contributed by atoms with Crippen LogP contribution >= 0.6 is 11.6 Å². The van der Waals surface area contributed by atoms with Crippen molar-refractivity contribution in [2.75, 3.05) is 5.32 Å². The molecule has 2 aromatic rings. The molecule has 0 aliphatic rings. The molecule has 0 amide bonds. The Hall–Kier alpha value is -1.88. The van der Waals surface area contributed by atoms with E-state index in [2.05, 4.69) is 15.0 Å². The van der Waals surface area contributed by atoms with Crippen LogP contribution < -0.4 is 10.1 Å². The summed E-state index contributed by atoms with van der Waals surface area (Å²) in [4.78, 5) is 3.99. The Kier molecular flexibility index (Phi) is 4.52. The molecule has 6 heteroatoms. The topological polar surface area (TPSA) is 34.1 Å². The summed E-state index contributed by atoms with van der Waals surface area (Å²) >= 11 is 5.84. The van der Waals surface area contributed by atoms with Crippen molar-refractivity contribution < 1.29 is 13.5 Å². The molecule has 2 rings (SSSR count). The van der Waals surface area contributed by atoms with Crippen LogP contribution in [-0.4, -0.2) is 11.6 Å². The summed E-state index contributed by atoms with van der Waals surface area (Å²) in [5, 5.41) is 3.25. The zero-order valence-electron chi connectivity index (χ0n) is 9.82. The summed E-state index contributed by atoms with van der Waals surface area (Å²) in [5.74, 6) is -0.0383. The van der Waals surface area contributed by atoms with Gasteiger partial charge in [-0.1, -0.05) is 17.7 Å². The third-order valence-corrected chi connectivity index (χ3v) is 2.66. The van der Waals surface area contributed by atoms with Crippen molar-refractivity contribution >= 4 is 17.3 Å². The van der Waals surface area contributed by atoms with Gasteiger partial charge in [0, 0.05) is 24.6 Å². The van der Waals surface area contributed by atoms with E-state index in [1.807, 2.05) is 12.1 Å². The van der Waals surface area contributed by atoms with Gasteiger partial charge < -0.3 is 10.1 Å². The van der Waals surface area contributed by atoms with Crippen LogP contribution in [0.25, 0.3) is 0 Å². The molecule has 100 valence electrons. The van der Waals surface area contributed by atoms with Gasteiger partial charge in [-0.15, -0.1) is 0 Å². The maximum Gasteiger partial charge on any atom is 0.387 e. The summed E-state index contributed by atoms with van der Waals surface area (Å²) in [5.41, 5.74) is 1.72. The molecule has 1 heterocycles. The molecular formula is C13H11ClF2N2O. The number of anilines is 1. The first-order valence-electron chi connectivity index (χ1n) is 5.52. The smallest absolute Gasteiger partial charge is 0.387 e. The molecule has 0 saturated heterocycles. The van der Waals surface area contributed by atoms with Gasteiger partial charge in [0.1, 0.15) is 5.75 Å². The van der Waals surface area contributed by atoms with Crippen LogP contribution in [0.2, 0.25) is 5.02 Å². The van der Waals surface area contributed by atoms with Crippen molar-refractivity contribution in [1.29, 1.82) is 0 Å². The van der Waals surface area contributed by atoms with Crippen LogP contribution in [0.4, 0.5) is 14.5 Å². The first-order chi connectivity index (χ1) is 9.15. The van der Waals surface area contributed by atoms with Crippen LogP contribution in [0.15, 0.2) is 42.7 Å². The summed E-state index contributed by atoms with van der Waals surface area (Å²) in [6.45, 7) is -2.31. The minimum atomic E-state index is -2.88. The Morgan fingerprint density at radius 2 is 2.16 bits per heavy atom. The number of rotatable bonds is 5. The van der Waals surface area contributed by atoms with Crippen molar-refractivity contribution in [1.82, 2.24) is 4.98 Å². The maximum atomic E-state index is 12.1. The van der Waals surface area contributed by atoms with Gasteiger partial charge in [0.15, 0.2) is 0 Å². The Bertz CT molecular complexity index is 537. The number of hydrogen-bond acceptors (Lipinski definition) is 3. The number of alkyl halides is 2. The lowest BCUT2D eigenvalue weighted by Gasteiger charge is -2.10. The highest BCUT2D eigenvalue weighted by Crippen LogP contribution is 2.29. The second kappa shape index (κ2) is 6.33. The van der Waals surface area contributed by atoms with Crippen LogP contribution in [0.1, 0.15) is 5.56 Å². The highest BCUT2D eigenvalue weighted by molar-refractivity contribution is 6.32. The number of aromatic nitrogens is 1. The van der Waals surface area contributed by atoms with E-state index in [1.54, 1.807) is 18.5 Å². The second-order valence-corrected chi connectivity index (χ2v) is 4.15. The SMILES string of the molecule is FC(F)Oc1ccc(NCc2cccnc2)cc1Cl. The van der Waals surface area contributed by atoms with E-state index in [-0.39, 0.29) is 10.8 Å². The fraction of sp³-hybridized carbons (Fsp3) is 0.154. The molecule has 0 atom stereocenters. The predicted octanol–water partition coefficient (Wildman–Crippen LogP) is 3.95. The molecule has 0 radical (unpaired) electrons. The predicted molar refractivity (Wildman–Crippen MR) is 69.6 cm³/mol. The number of nitrogens with one attached hydrogen (secondary N) is 1. The maximum absolute atomic E-state index is 12.1. The Labute approximate surface area is 114 Å². The molecular weight excluding hydrogens is 274 g/mol. The molecule has 1 aromatic carbocycles. The van der Waals surface area contributed by atoms with Crippen LogP contribution in [0, 0.1) is 0 Å². The summed E-state index contributed by atoms with van der Waals surface area (Å²) < 4.78 is 28.4. The van der Waals surface area contributed by atoms with Gasteiger partial charge in [-0.3, -0.25) is 4.98 Å². The fourth-order valence-electron chi connectivity index (χ4n) is 1.51. The van der Waals surface area contributed by atoms with Crippen molar-refractivity contribution in [3.8, 4) is 5.75 Å². The number of benzene rings is 1. The van der Waals surface area contributed by atoms with E-state index in [0.717, 1.165) is 11.3 Å². The van der Waals surface area contributed by atoms with Crippen molar-refractivity contribution in [3.05, 3.63) is 53.3 Å². The second-order valence-electron chi connectivity index (χ2n) is 3.74. The minimum Gasteiger partial charge on any atom is -0.433 e. The molecule has 0 fully saturated rings. The van der Waals surface area contributed by atoms with Crippen molar-refractivity contribution in [2.45, 2.75) is 13.2 Å². The monoisotopic (exact) mass is 284 g/mol. The van der Waals surface area contributed by atoms with Gasteiger partial charge >= 0.3 is 6.61 Å². The molecule has 0 aliphatic carbocycles. The third-order valence-electron chi connectivity index (χ3n) is 2.37. The molecule has 0 unspecified atom stereocenters. The van der Waals surface area contributed by atoms with Crippen LogP contribution in [0.5, 0.6) is 5.75 Å². The Morgan fingerprint density at radius 1 is 1.32 bits per heavy atom. The molecule has 0 bridgehead atoms. The lowest BCUT2D eigenvalue weighted by molar-refractivity contribution is -0.0497. The molecule has 0 spiro atoms. The van der Waals surface area contributed by atoms with Crippen molar-refractivity contribution in [2.24, 2.45) is 0 Å². The number of pyridine rings is 1. The lowest BCUT2D eigenvalue weighted by atomic mass is 10.2. The van der Waals surface area contributed by atoms with Crippen LogP contribution in [-0.2, 0) is 6.54 Å². The number of ether oxygens (including phenoxy) is 1. The fourth-order valence-corrected chi connectivity index (χ4v) is 1.73. The normalized spacial score (nSPS) is 10.5. The Morgan fingerprint density at radius 3 is 2.79 bits per heavy atom. The van der Waals surface area contributed by atoms with Crippen LogP contribution in [0.3, 0.4) is 0 Å². The minimum absolute atomic E-state index is 0.0383. The van der Waals surface area contributed by atoms with E-state index in [9.17, 15) is 8.78 Å². The summed E-state index contributed by atoms with van der Waals surface area (Å²) in [7, 11) is 0. The quantitative estimate of drug-likeness (QED) is 0.903. The molecule has 1 aromatic heterocycles. The highest BCUT2D eigenvalue weighted by atomic mass is 35.5. The van der Waals surface area contributed by atoms with Gasteiger partial charge in [-0.25, -0.2) is 0 Å². The van der Waals surface area contributed by atoms with E-state index >= 15 is 0 Å². The van der Waals surface area contributed by atoms with Gasteiger partial charge in [0.2, 0.25) is 0 Å². The third kappa shape index (κ3) is 4.06. The van der Waals surface area contributed by atoms with Gasteiger partial charge in [0.05, 0.1) is 5.02 Å². The summed E-state index contributed by atoms with van der Waals surface area (Å²) in [6, 6.07) is 8.33. The largest absolute Gasteiger partial charge is 0.433 e. The van der Waals surface area contributed by atoms with E-state index in [1.165, 1.54) is 12.1 Å². The number of hydrogen-bond donors (Lipinski definition) is 1. The van der Waals surface area contributed by atoms with Crippen molar-refractivity contribution in [3.63, 3.8) is 0 Å². The lowest BCUT2D eigenvalue weighted by Crippen LogP contribution is -2.03. The average molecular weight is 285 g/mol. The zero-order valence-corrected chi connectivity index (χ0v) is 10.6. The average Bonchev–Trinajstić information content (AvgIpc) is 2.40. The first-order valence-corrected chi connectivity index (χ1v) is 5.90. The molecule has 1 N–H and O–H groups in total. The number of halogens is 3. The van der Waals surface area contributed by atoms with E-state index < -0.39 is 6.61 Å². The molecule has 19 heavy (non-hydrogen) atoms. The summed E-state index contributed by atoms with van der Waals surface area (Å²) in [6.07, 6.45) is 3.43. The van der Waals surface area contributed by atoms with E-state index in [0.29, 0.717) is 6.54 Å². The van der Waals surface area contributed by atoms with E-state index in [4.69, 9.17) is 11.6 Å². The number of nitrogens with zero attached hydrogens (tertiary/aromatic N) is 1. The zero-order chi connectivity index (χ0) is 13.7. The van der Waals surface area contributed by atoms with Gasteiger partial charge in [-0.05, 0) is 29.8 Å². The van der Waals surface area contributed by atoms with Gasteiger partial charge in [0.25, 0.3) is 0 Å². The first kappa shape index (κ1) is 13.5. The molecule has 3 nitrogen and oxygen atoms in total. The molecule has 0 saturated carbocycles. The Balaban J connectivity index is 2.00. The highest BCUT2D eigenvalue weighted by Gasteiger charge is 2.08. The standard InChI is InChI=1S/C13H11ClF2N2O/c14-11-6-10(3-4-12(11)19-13(15)16)18-8-9-2-1-5-17-7-9/h1-7,13,18H,8H2.